The molecule has 0 bridgehead atoms. The van der Waals surface area contributed by atoms with Gasteiger partial charge in [-0.15, -0.1) is 11.8 Å². The van der Waals surface area contributed by atoms with E-state index in [9.17, 15) is 9.59 Å². The number of methoxy groups -OCH3 is 1. The Labute approximate surface area is 132 Å². The molecule has 1 amide bonds. The highest BCUT2D eigenvalue weighted by Gasteiger charge is 2.10. The molecule has 0 aliphatic heterocycles. The third-order valence-corrected chi connectivity index (χ3v) is 4.06. The van der Waals surface area contributed by atoms with Gasteiger partial charge in [-0.1, -0.05) is 30.3 Å². The number of fused-ring (bicyclic) bond motifs is 1. The summed E-state index contributed by atoms with van der Waals surface area (Å²) in [6.45, 7) is 0.344. The molecular formula is C16H17NO4S. The molecule has 0 aliphatic rings. The van der Waals surface area contributed by atoms with E-state index in [4.69, 9.17) is 9.84 Å². The van der Waals surface area contributed by atoms with Crippen LogP contribution in [0.15, 0.2) is 36.4 Å². The number of benzene rings is 2. The second kappa shape index (κ2) is 7.70. The molecule has 0 aromatic heterocycles. The van der Waals surface area contributed by atoms with Gasteiger partial charge in [0.15, 0.2) is 0 Å². The molecule has 0 heterocycles. The summed E-state index contributed by atoms with van der Waals surface area (Å²) in [5, 5.41) is 13.5. The fourth-order valence-electron chi connectivity index (χ4n) is 2.16. The zero-order valence-electron chi connectivity index (χ0n) is 12.2. The Hall–Kier alpha value is -2.21. The molecule has 0 saturated heterocycles. The number of hydrogen-bond donors (Lipinski definition) is 2. The van der Waals surface area contributed by atoms with Gasteiger partial charge in [-0.05, 0) is 16.8 Å². The number of thioether (sulfide) groups is 1. The first-order chi connectivity index (χ1) is 10.6. The highest BCUT2D eigenvalue weighted by atomic mass is 32.2. The van der Waals surface area contributed by atoms with Crippen LogP contribution in [0.4, 0.5) is 0 Å². The monoisotopic (exact) mass is 319 g/mol. The van der Waals surface area contributed by atoms with Gasteiger partial charge >= 0.3 is 5.97 Å². The van der Waals surface area contributed by atoms with Gasteiger partial charge in [0.05, 0.1) is 18.6 Å². The molecule has 0 radical (unpaired) electrons. The number of carboxylic acid groups (broad SMARTS) is 1. The third-order valence-electron chi connectivity index (χ3n) is 3.14. The van der Waals surface area contributed by atoms with E-state index in [0.717, 1.165) is 33.8 Å². The number of carbonyl (C=O) groups is 2. The van der Waals surface area contributed by atoms with Gasteiger partial charge in [-0.25, -0.2) is 0 Å². The molecule has 0 unspecified atom stereocenters. The number of carbonyl (C=O) groups excluding carboxylic acids is 1. The highest BCUT2D eigenvalue weighted by Crippen LogP contribution is 2.27. The maximum absolute atomic E-state index is 11.8. The van der Waals surface area contributed by atoms with Crippen molar-refractivity contribution in [1.29, 1.82) is 0 Å². The first-order valence-electron chi connectivity index (χ1n) is 6.72. The minimum Gasteiger partial charge on any atom is -0.496 e. The molecule has 22 heavy (non-hydrogen) atoms. The lowest BCUT2D eigenvalue weighted by atomic mass is 10.0. The fraction of sp³-hybridized carbons (Fsp3) is 0.250. The first-order valence-corrected chi connectivity index (χ1v) is 7.88. The average molecular weight is 319 g/mol. The van der Waals surface area contributed by atoms with Crippen LogP contribution in [0.5, 0.6) is 5.75 Å². The Morgan fingerprint density at radius 3 is 2.68 bits per heavy atom. The largest absolute Gasteiger partial charge is 0.496 e. The number of aliphatic carboxylic acids is 1. The maximum Gasteiger partial charge on any atom is 0.313 e. The first kappa shape index (κ1) is 16.2. The van der Waals surface area contributed by atoms with E-state index < -0.39 is 5.97 Å². The molecule has 0 spiro atoms. The van der Waals surface area contributed by atoms with Gasteiger partial charge in [-0.3, -0.25) is 9.59 Å². The number of nitrogens with one attached hydrogen (secondary N) is 1. The van der Waals surface area contributed by atoms with Crippen LogP contribution < -0.4 is 10.1 Å². The SMILES string of the molecule is COc1ccc2ccccc2c1CNC(=O)CSCC(=O)O. The molecule has 0 fully saturated rings. The summed E-state index contributed by atoms with van der Waals surface area (Å²) in [4.78, 5) is 22.2. The van der Waals surface area contributed by atoms with E-state index in [1.165, 1.54) is 0 Å². The van der Waals surface area contributed by atoms with Crippen LogP contribution >= 0.6 is 11.8 Å². The van der Waals surface area contributed by atoms with Gasteiger partial charge in [0.1, 0.15) is 5.75 Å². The van der Waals surface area contributed by atoms with Crippen LogP contribution in [0.3, 0.4) is 0 Å². The van der Waals surface area contributed by atoms with E-state index in [1.54, 1.807) is 7.11 Å². The Morgan fingerprint density at radius 1 is 1.18 bits per heavy atom. The number of amides is 1. The molecule has 0 atom stereocenters. The molecule has 0 saturated carbocycles. The van der Waals surface area contributed by atoms with Crippen molar-refractivity contribution in [2.75, 3.05) is 18.6 Å². The van der Waals surface area contributed by atoms with Crippen LogP contribution in [-0.4, -0.2) is 35.6 Å². The third kappa shape index (κ3) is 4.14. The highest BCUT2D eigenvalue weighted by molar-refractivity contribution is 8.00. The summed E-state index contributed by atoms with van der Waals surface area (Å²) < 4.78 is 5.36. The predicted molar refractivity (Wildman–Crippen MR) is 87.3 cm³/mol. The number of ether oxygens (including phenoxy) is 1. The Morgan fingerprint density at radius 2 is 1.95 bits per heavy atom. The molecule has 0 aliphatic carbocycles. The summed E-state index contributed by atoms with van der Waals surface area (Å²) in [5.74, 6) is -0.350. The number of carboxylic acids is 1. The summed E-state index contributed by atoms with van der Waals surface area (Å²) in [7, 11) is 1.60. The van der Waals surface area contributed by atoms with Crippen LogP contribution in [0.2, 0.25) is 0 Å². The Kier molecular flexibility index (Phi) is 5.66. The van der Waals surface area contributed by atoms with Gasteiger partial charge in [0.25, 0.3) is 0 Å². The molecule has 116 valence electrons. The molecular weight excluding hydrogens is 302 g/mol. The molecule has 2 rings (SSSR count). The minimum atomic E-state index is -0.923. The summed E-state index contributed by atoms with van der Waals surface area (Å²) in [6.07, 6.45) is 0. The molecule has 6 heteroatoms. The van der Waals surface area contributed by atoms with E-state index in [-0.39, 0.29) is 17.4 Å². The van der Waals surface area contributed by atoms with Crippen LogP contribution in [0.1, 0.15) is 5.56 Å². The average Bonchev–Trinajstić information content (AvgIpc) is 2.52. The van der Waals surface area contributed by atoms with E-state index >= 15 is 0 Å². The van der Waals surface area contributed by atoms with E-state index in [1.807, 2.05) is 36.4 Å². The molecule has 2 N–H and O–H groups in total. The molecule has 2 aromatic rings. The van der Waals surface area contributed by atoms with Gasteiger partial charge in [0.2, 0.25) is 5.91 Å². The molecule has 2 aromatic carbocycles. The summed E-state index contributed by atoms with van der Waals surface area (Å²) >= 11 is 1.08. The fourth-order valence-corrected chi connectivity index (χ4v) is 2.72. The second-order valence-corrected chi connectivity index (χ2v) is 5.62. The van der Waals surface area contributed by atoms with Gasteiger partial charge in [-0.2, -0.15) is 0 Å². The Balaban J connectivity index is 2.07. The van der Waals surface area contributed by atoms with Gasteiger partial charge in [0, 0.05) is 12.1 Å². The van der Waals surface area contributed by atoms with Crippen molar-refractivity contribution < 1.29 is 19.4 Å². The maximum atomic E-state index is 11.8. The van der Waals surface area contributed by atoms with E-state index in [0.29, 0.717) is 6.54 Å². The zero-order valence-corrected chi connectivity index (χ0v) is 13.0. The predicted octanol–water partition coefficient (Wildman–Crippen LogP) is 2.28. The topological polar surface area (TPSA) is 75.6 Å². The van der Waals surface area contributed by atoms with Crippen LogP contribution in [0, 0.1) is 0 Å². The van der Waals surface area contributed by atoms with Crippen LogP contribution in [-0.2, 0) is 16.1 Å². The zero-order chi connectivity index (χ0) is 15.9. The lowest BCUT2D eigenvalue weighted by molar-refractivity contribution is -0.133. The van der Waals surface area contributed by atoms with Crippen LogP contribution in [0.25, 0.3) is 10.8 Å². The van der Waals surface area contributed by atoms with Gasteiger partial charge < -0.3 is 15.2 Å². The molecule has 5 nitrogen and oxygen atoms in total. The lowest BCUT2D eigenvalue weighted by Crippen LogP contribution is -2.25. The second-order valence-electron chi connectivity index (χ2n) is 4.63. The van der Waals surface area contributed by atoms with Crippen molar-refractivity contribution in [1.82, 2.24) is 5.32 Å². The normalized spacial score (nSPS) is 10.4. The van der Waals surface area contributed by atoms with Crippen molar-refractivity contribution in [2.24, 2.45) is 0 Å². The summed E-state index contributed by atoms with van der Waals surface area (Å²) in [6, 6.07) is 11.7. The van der Waals surface area contributed by atoms with Crippen molar-refractivity contribution in [2.45, 2.75) is 6.54 Å². The van der Waals surface area contributed by atoms with Crippen molar-refractivity contribution in [3.63, 3.8) is 0 Å². The quantitative estimate of drug-likeness (QED) is 0.819. The van der Waals surface area contributed by atoms with E-state index in [2.05, 4.69) is 5.32 Å². The minimum absolute atomic E-state index is 0.0784. The van der Waals surface area contributed by atoms with Crippen molar-refractivity contribution >= 4 is 34.4 Å². The lowest BCUT2D eigenvalue weighted by Gasteiger charge is -2.13. The standard InChI is InChI=1S/C16H17NO4S/c1-21-14-7-6-11-4-2-3-5-12(11)13(14)8-17-15(18)9-22-10-16(19)20/h2-7H,8-10H2,1H3,(H,17,18)(H,19,20). The Bertz CT molecular complexity index is 687. The number of rotatable bonds is 7. The van der Waals surface area contributed by atoms with Crippen molar-refractivity contribution in [3.05, 3.63) is 42.0 Å². The van der Waals surface area contributed by atoms with Crippen molar-refractivity contribution in [3.8, 4) is 5.75 Å². The summed E-state index contributed by atoms with van der Waals surface area (Å²) in [5.41, 5.74) is 0.914. The number of hydrogen-bond acceptors (Lipinski definition) is 4. The smallest absolute Gasteiger partial charge is 0.313 e.